The molecule has 0 saturated carbocycles. The zero-order chi connectivity index (χ0) is 26.0. The first-order valence-electron chi connectivity index (χ1n) is 11.9. The molecule has 2 aromatic carbocycles. The normalized spacial score (nSPS) is 20.9. The second kappa shape index (κ2) is 10.5. The number of benzene rings is 2. The fourth-order valence-electron chi connectivity index (χ4n) is 4.69. The summed E-state index contributed by atoms with van der Waals surface area (Å²) in [6.07, 6.45) is 3.34. The summed E-state index contributed by atoms with van der Waals surface area (Å²) < 4.78 is 39.5. The Labute approximate surface area is 210 Å². The lowest BCUT2D eigenvalue weighted by Gasteiger charge is -2.31. The van der Waals surface area contributed by atoms with Crippen LogP contribution in [0, 0.1) is 5.82 Å². The quantitative estimate of drug-likeness (QED) is 0.346. The third-order valence-electron chi connectivity index (χ3n) is 6.74. The van der Waals surface area contributed by atoms with Crippen molar-refractivity contribution in [2.24, 2.45) is 0 Å². The van der Waals surface area contributed by atoms with Gasteiger partial charge < -0.3 is 14.9 Å². The topological polar surface area (TPSA) is 98.2 Å². The zero-order valence-corrected chi connectivity index (χ0v) is 21.2. The molecule has 2 aliphatic rings. The molecular weight excluding hydrogens is 485 g/mol. The molecule has 1 amide bonds. The summed E-state index contributed by atoms with van der Waals surface area (Å²) in [4.78, 5) is 29.9. The molecule has 8 nitrogen and oxygen atoms in total. The van der Waals surface area contributed by atoms with E-state index in [2.05, 4.69) is 4.90 Å². The smallest absolute Gasteiger partial charge is 0.295 e. The Bertz CT molecular complexity index is 1270. The van der Waals surface area contributed by atoms with E-state index >= 15 is 0 Å². The summed E-state index contributed by atoms with van der Waals surface area (Å²) >= 11 is 0. The van der Waals surface area contributed by atoms with Gasteiger partial charge in [-0.1, -0.05) is 18.6 Å². The Hall–Kier alpha value is -3.08. The van der Waals surface area contributed by atoms with Gasteiger partial charge in [-0.25, -0.2) is 17.1 Å². The Morgan fingerprint density at radius 1 is 0.972 bits per heavy atom. The minimum atomic E-state index is -3.68. The average Bonchev–Trinajstić information content (AvgIpc) is 3.13. The van der Waals surface area contributed by atoms with Crippen LogP contribution in [-0.2, 0) is 19.6 Å². The molecule has 2 aliphatic heterocycles. The molecule has 0 bridgehead atoms. The number of likely N-dealkylation sites (tertiary alicyclic amines) is 2. The van der Waals surface area contributed by atoms with Gasteiger partial charge in [-0.3, -0.25) is 9.59 Å². The van der Waals surface area contributed by atoms with Crippen molar-refractivity contribution in [2.75, 3.05) is 40.3 Å². The third kappa shape index (κ3) is 5.07. The van der Waals surface area contributed by atoms with E-state index < -0.39 is 39.3 Å². The Balaban J connectivity index is 1.72. The second-order valence-corrected chi connectivity index (χ2v) is 11.4. The van der Waals surface area contributed by atoms with Gasteiger partial charge in [0.15, 0.2) is 0 Å². The molecule has 1 unspecified atom stereocenters. The highest BCUT2D eigenvalue weighted by molar-refractivity contribution is 7.89. The van der Waals surface area contributed by atoms with Crippen LogP contribution in [0.2, 0.25) is 0 Å². The number of hydrogen-bond acceptors (Lipinski definition) is 6. The fourth-order valence-corrected chi connectivity index (χ4v) is 5.59. The SMILES string of the molecule is CN(C)S(=O)(=O)c1ccc(C(O)=C2C(=O)C(=O)N(CCN3CCCCC3)C2c2ccc(F)cc2)cc1. The number of hydrogen-bond donors (Lipinski definition) is 1. The van der Waals surface area contributed by atoms with Gasteiger partial charge in [0, 0.05) is 32.7 Å². The van der Waals surface area contributed by atoms with Crippen molar-refractivity contribution in [3.63, 3.8) is 0 Å². The minimum Gasteiger partial charge on any atom is -0.507 e. The van der Waals surface area contributed by atoms with Gasteiger partial charge >= 0.3 is 0 Å². The first-order valence-corrected chi connectivity index (χ1v) is 13.3. The Morgan fingerprint density at radius 2 is 1.58 bits per heavy atom. The predicted octanol–water partition coefficient (Wildman–Crippen LogP) is 2.98. The summed E-state index contributed by atoms with van der Waals surface area (Å²) in [5, 5.41) is 11.2. The molecule has 1 atom stereocenters. The first kappa shape index (κ1) is 26.0. The van der Waals surface area contributed by atoms with Gasteiger partial charge in [-0.05, 0) is 67.9 Å². The van der Waals surface area contributed by atoms with Crippen molar-refractivity contribution in [1.29, 1.82) is 0 Å². The lowest BCUT2D eigenvalue weighted by Crippen LogP contribution is -2.39. The van der Waals surface area contributed by atoms with Gasteiger partial charge in [0.25, 0.3) is 11.7 Å². The molecule has 2 saturated heterocycles. The molecular formula is C26H30FN3O5S. The Morgan fingerprint density at radius 3 is 2.17 bits per heavy atom. The maximum atomic E-state index is 13.7. The number of sulfonamides is 1. The second-order valence-electron chi connectivity index (χ2n) is 9.26. The highest BCUT2D eigenvalue weighted by Crippen LogP contribution is 2.39. The predicted molar refractivity (Wildman–Crippen MR) is 133 cm³/mol. The lowest BCUT2D eigenvalue weighted by atomic mass is 9.95. The first-order chi connectivity index (χ1) is 17.1. The van der Waals surface area contributed by atoms with Crippen LogP contribution in [0.4, 0.5) is 4.39 Å². The number of aliphatic hydroxyl groups excluding tert-OH is 1. The highest BCUT2D eigenvalue weighted by atomic mass is 32.2. The molecule has 0 aliphatic carbocycles. The Kier molecular flexibility index (Phi) is 7.58. The maximum Gasteiger partial charge on any atom is 0.295 e. The number of halogens is 1. The standard InChI is InChI=1S/C26H30FN3O5S/c1-28(2)36(34,35)21-12-8-19(9-13-21)24(31)22-23(18-6-10-20(27)11-7-18)30(26(33)25(22)32)17-16-29-14-4-3-5-15-29/h6-13,23,31H,3-5,14-17H2,1-2H3. The summed E-state index contributed by atoms with van der Waals surface area (Å²) in [6.45, 7) is 2.71. The van der Waals surface area contributed by atoms with Crippen molar-refractivity contribution < 1.29 is 27.5 Å². The number of carbonyl (C=O) groups is 2. The van der Waals surface area contributed by atoms with Crippen molar-refractivity contribution in [1.82, 2.24) is 14.1 Å². The van der Waals surface area contributed by atoms with Gasteiger partial charge in [0.1, 0.15) is 11.6 Å². The number of piperidine rings is 1. The molecule has 4 rings (SSSR count). The van der Waals surface area contributed by atoms with Gasteiger partial charge in [-0.15, -0.1) is 0 Å². The molecule has 10 heteroatoms. The maximum absolute atomic E-state index is 13.7. The molecule has 36 heavy (non-hydrogen) atoms. The van der Waals surface area contributed by atoms with E-state index in [-0.39, 0.29) is 22.6 Å². The van der Waals surface area contributed by atoms with Crippen molar-refractivity contribution in [3.8, 4) is 0 Å². The zero-order valence-electron chi connectivity index (χ0n) is 20.4. The van der Waals surface area contributed by atoms with Crippen LogP contribution in [0.5, 0.6) is 0 Å². The molecule has 2 heterocycles. The van der Waals surface area contributed by atoms with Crippen molar-refractivity contribution >= 4 is 27.5 Å². The molecule has 192 valence electrons. The number of ketones is 1. The number of aliphatic hydroxyl groups is 1. The van der Waals surface area contributed by atoms with Gasteiger partial charge in [-0.2, -0.15) is 0 Å². The number of Topliss-reactive ketones (excluding diaryl/α,β-unsaturated/α-hetero) is 1. The van der Waals surface area contributed by atoms with E-state index in [0.717, 1.165) is 30.2 Å². The molecule has 2 aromatic rings. The van der Waals surface area contributed by atoms with Crippen molar-refractivity contribution in [2.45, 2.75) is 30.2 Å². The van der Waals surface area contributed by atoms with Crippen LogP contribution in [0.25, 0.3) is 5.76 Å². The number of rotatable bonds is 7. The van der Waals surface area contributed by atoms with Crippen LogP contribution in [-0.4, -0.2) is 79.6 Å². The van der Waals surface area contributed by atoms with Crippen LogP contribution in [0.15, 0.2) is 59.0 Å². The van der Waals surface area contributed by atoms with E-state index in [9.17, 15) is 27.5 Å². The van der Waals surface area contributed by atoms with Crippen LogP contribution < -0.4 is 0 Å². The number of amides is 1. The monoisotopic (exact) mass is 515 g/mol. The molecule has 0 radical (unpaired) electrons. The van der Waals surface area contributed by atoms with E-state index in [1.165, 1.54) is 73.9 Å². The van der Waals surface area contributed by atoms with Gasteiger partial charge in [0.2, 0.25) is 10.0 Å². The van der Waals surface area contributed by atoms with E-state index in [1.54, 1.807) is 0 Å². The van der Waals surface area contributed by atoms with Crippen LogP contribution >= 0.6 is 0 Å². The molecule has 0 aromatic heterocycles. The van der Waals surface area contributed by atoms with E-state index in [1.807, 2.05) is 0 Å². The lowest BCUT2D eigenvalue weighted by molar-refractivity contribution is -0.140. The minimum absolute atomic E-state index is 0.0288. The van der Waals surface area contributed by atoms with E-state index in [0.29, 0.717) is 12.1 Å². The fraction of sp³-hybridized carbons (Fsp3) is 0.385. The molecule has 2 fully saturated rings. The third-order valence-corrected chi connectivity index (χ3v) is 8.57. The highest BCUT2D eigenvalue weighted by Gasteiger charge is 2.46. The summed E-state index contributed by atoms with van der Waals surface area (Å²) in [7, 11) is -0.849. The van der Waals surface area contributed by atoms with Crippen LogP contribution in [0.3, 0.4) is 0 Å². The summed E-state index contributed by atoms with van der Waals surface area (Å²) in [6, 6.07) is 10.1. The molecule has 1 N–H and O–H groups in total. The van der Waals surface area contributed by atoms with Gasteiger partial charge in [0.05, 0.1) is 16.5 Å². The van der Waals surface area contributed by atoms with Crippen LogP contribution in [0.1, 0.15) is 36.4 Å². The summed E-state index contributed by atoms with van der Waals surface area (Å²) in [5.41, 5.74) is 0.602. The summed E-state index contributed by atoms with van der Waals surface area (Å²) in [5.74, 6) is -2.42. The number of carbonyl (C=O) groups excluding carboxylic acids is 2. The van der Waals surface area contributed by atoms with Crippen molar-refractivity contribution in [3.05, 3.63) is 71.0 Å². The number of nitrogens with zero attached hydrogens (tertiary/aromatic N) is 3. The largest absolute Gasteiger partial charge is 0.507 e. The molecule has 0 spiro atoms. The van der Waals surface area contributed by atoms with E-state index in [4.69, 9.17) is 0 Å². The average molecular weight is 516 g/mol.